The van der Waals surface area contributed by atoms with Gasteiger partial charge < -0.3 is 32.8 Å². The van der Waals surface area contributed by atoms with Gasteiger partial charge in [0.1, 0.15) is 5.69 Å². The molecule has 0 N–H and O–H groups in total. The second-order valence-electron chi connectivity index (χ2n) is 7.39. The summed E-state index contributed by atoms with van der Waals surface area (Å²) >= 11 is 0. The average molecular weight is 442 g/mol. The van der Waals surface area contributed by atoms with Crippen molar-refractivity contribution in [2.45, 2.75) is 25.5 Å². The maximum atomic E-state index is 13.0. The highest BCUT2D eigenvalue weighted by molar-refractivity contribution is 5.91. The largest absolute Gasteiger partial charge is 0.493 e. The standard InChI is InChI=1S/C23H26N2O7/c1-27-20-10-15(11-21(28-2)22(20)29-3)19-12-16(24-32-19)13-25(14-17-6-4-8-30-17)23(26)18-7-5-9-31-18/h5,7,9-12,17H,4,6,8,13-14H2,1-3H3/t17-/m0/s1. The third-order valence-electron chi connectivity index (χ3n) is 5.33. The SMILES string of the molecule is COc1cc(-c2cc(CN(C[C@@H]3CCCO3)C(=O)c3ccco3)no2)cc(OC)c1OC. The van der Waals surface area contributed by atoms with E-state index in [1.54, 1.807) is 56.6 Å². The van der Waals surface area contributed by atoms with E-state index in [1.807, 2.05) is 0 Å². The Morgan fingerprint density at radius 3 is 2.53 bits per heavy atom. The van der Waals surface area contributed by atoms with Gasteiger partial charge in [0, 0.05) is 24.8 Å². The molecule has 1 saturated heterocycles. The number of carbonyl (C=O) groups is 1. The van der Waals surface area contributed by atoms with E-state index in [1.165, 1.54) is 6.26 Å². The third kappa shape index (κ3) is 4.57. The lowest BCUT2D eigenvalue weighted by Gasteiger charge is -2.23. The summed E-state index contributed by atoms with van der Waals surface area (Å²) in [5.41, 5.74) is 1.31. The molecule has 4 rings (SSSR count). The maximum absolute atomic E-state index is 13.0. The van der Waals surface area contributed by atoms with Gasteiger partial charge in [0.2, 0.25) is 5.75 Å². The van der Waals surface area contributed by atoms with Gasteiger partial charge in [-0.25, -0.2) is 0 Å². The highest BCUT2D eigenvalue weighted by Gasteiger charge is 2.26. The number of aromatic nitrogens is 1. The van der Waals surface area contributed by atoms with E-state index in [4.69, 9.17) is 27.9 Å². The van der Waals surface area contributed by atoms with Crippen LogP contribution >= 0.6 is 0 Å². The number of carbonyl (C=O) groups excluding carboxylic acids is 1. The molecule has 0 radical (unpaired) electrons. The number of rotatable bonds is 9. The van der Waals surface area contributed by atoms with Gasteiger partial charge in [0.05, 0.1) is 40.2 Å². The summed E-state index contributed by atoms with van der Waals surface area (Å²) in [5.74, 6) is 2.08. The van der Waals surface area contributed by atoms with Crippen molar-refractivity contribution in [3.05, 3.63) is 48.0 Å². The average Bonchev–Trinajstić information content (AvgIpc) is 3.60. The molecule has 3 heterocycles. The van der Waals surface area contributed by atoms with Crippen LogP contribution < -0.4 is 14.2 Å². The summed E-state index contributed by atoms with van der Waals surface area (Å²) in [4.78, 5) is 14.7. The van der Waals surface area contributed by atoms with Gasteiger partial charge in [-0.05, 0) is 37.1 Å². The van der Waals surface area contributed by atoms with Gasteiger partial charge in [-0.1, -0.05) is 5.16 Å². The summed E-state index contributed by atoms with van der Waals surface area (Å²) in [5, 5.41) is 4.17. The van der Waals surface area contributed by atoms with Crippen molar-refractivity contribution in [3.63, 3.8) is 0 Å². The number of hydrogen-bond donors (Lipinski definition) is 0. The first-order chi connectivity index (χ1) is 15.6. The number of hydrogen-bond acceptors (Lipinski definition) is 8. The number of ether oxygens (including phenoxy) is 4. The summed E-state index contributed by atoms with van der Waals surface area (Å²) in [6.45, 7) is 1.42. The predicted molar refractivity (Wildman–Crippen MR) is 114 cm³/mol. The molecule has 0 spiro atoms. The van der Waals surface area contributed by atoms with E-state index >= 15 is 0 Å². The van der Waals surface area contributed by atoms with Crippen molar-refractivity contribution >= 4 is 5.91 Å². The minimum Gasteiger partial charge on any atom is -0.493 e. The van der Waals surface area contributed by atoms with Gasteiger partial charge in [-0.2, -0.15) is 0 Å². The zero-order valence-electron chi connectivity index (χ0n) is 18.3. The third-order valence-corrected chi connectivity index (χ3v) is 5.33. The smallest absolute Gasteiger partial charge is 0.289 e. The van der Waals surface area contributed by atoms with Gasteiger partial charge in [0.25, 0.3) is 5.91 Å². The first-order valence-electron chi connectivity index (χ1n) is 10.3. The van der Waals surface area contributed by atoms with Crippen LogP contribution in [0.25, 0.3) is 11.3 Å². The van der Waals surface area contributed by atoms with Crippen LogP contribution in [0.5, 0.6) is 17.2 Å². The van der Waals surface area contributed by atoms with Crippen LogP contribution in [-0.4, -0.2) is 56.5 Å². The fourth-order valence-corrected chi connectivity index (χ4v) is 3.75. The van der Waals surface area contributed by atoms with Crippen LogP contribution in [0.15, 0.2) is 45.5 Å². The molecular formula is C23H26N2O7. The Bertz CT molecular complexity index is 1010. The van der Waals surface area contributed by atoms with E-state index in [0.717, 1.165) is 12.8 Å². The molecule has 0 aliphatic carbocycles. The molecule has 1 amide bonds. The zero-order chi connectivity index (χ0) is 22.5. The number of nitrogens with zero attached hydrogens (tertiary/aromatic N) is 2. The van der Waals surface area contributed by atoms with Crippen molar-refractivity contribution in [3.8, 4) is 28.6 Å². The molecule has 1 aromatic carbocycles. The van der Waals surface area contributed by atoms with E-state index in [0.29, 0.717) is 47.4 Å². The van der Waals surface area contributed by atoms with E-state index in [2.05, 4.69) is 5.16 Å². The first kappa shape index (κ1) is 21.8. The van der Waals surface area contributed by atoms with E-state index in [9.17, 15) is 4.79 Å². The molecule has 0 bridgehead atoms. The molecule has 1 fully saturated rings. The molecule has 0 unspecified atom stereocenters. The molecule has 0 saturated carbocycles. The molecule has 9 heteroatoms. The summed E-state index contributed by atoms with van der Waals surface area (Å²) in [6.07, 6.45) is 3.38. The van der Waals surface area contributed by atoms with Crippen LogP contribution in [0.1, 0.15) is 29.1 Å². The molecule has 1 aliphatic rings. The zero-order valence-corrected chi connectivity index (χ0v) is 18.3. The quantitative estimate of drug-likeness (QED) is 0.494. The second kappa shape index (κ2) is 9.78. The molecule has 3 aromatic rings. The lowest BCUT2D eigenvalue weighted by atomic mass is 10.1. The molecule has 32 heavy (non-hydrogen) atoms. The highest BCUT2D eigenvalue weighted by Crippen LogP contribution is 2.41. The second-order valence-corrected chi connectivity index (χ2v) is 7.39. The first-order valence-corrected chi connectivity index (χ1v) is 10.3. The fraction of sp³-hybridized carbons (Fsp3) is 0.391. The van der Waals surface area contributed by atoms with Crippen LogP contribution in [0.4, 0.5) is 0 Å². The molecule has 2 aromatic heterocycles. The van der Waals surface area contributed by atoms with Crippen molar-refractivity contribution in [1.82, 2.24) is 10.1 Å². The Morgan fingerprint density at radius 1 is 1.16 bits per heavy atom. The summed E-state index contributed by atoms with van der Waals surface area (Å²) in [6, 6.07) is 8.69. The highest BCUT2D eigenvalue weighted by atomic mass is 16.5. The van der Waals surface area contributed by atoms with Gasteiger partial charge in [-0.15, -0.1) is 0 Å². The minimum atomic E-state index is -0.220. The van der Waals surface area contributed by atoms with Crippen LogP contribution in [-0.2, 0) is 11.3 Å². The van der Waals surface area contributed by atoms with E-state index < -0.39 is 0 Å². The number of benzene rings is 1. The Kier molecular flexibility index (Phi) is 6.65. The normalized spacial score (nSPS) is 15.5. The monoisotopic (exact) mass is 442 g/mol. The summed E-state index contributed by atoms with van der Waals surface area (Å²) < 4.78 is 32.8. The van der Waals surface area contributed by atoms with Crippen molar-refractivity contribution in [2.24, 2.45) is 0 Å². The Labute approximate surface area is 185 Å². The van der Waals surface area contributed by atoms with Crippen molar-refractivity contribution in [1.29, 1.82) is 0 Å². The van der Waals surface area contributed by atoms with Crippen LogP contribution in [0.3, 0.4) is 0 Å². The molecule has 9 nitrogen and oxygen atoms in total. The Balaban J connectivity index is 1.58. The van der Waals surface area contributed by atoms with E-state index in [-0.39, 0.29) is 24.3 Å². The Hall–Kier alpha value is -3.46. The topological polar surface area (TPSA) is 96.4 Å². The van der Waals surface area contributed by atoms with Crippen LogP contribution in [0, 0.1) is 0 Å². The van der Waals surface area contributed by atoms with Crippen molar-refractivity contribution < 1.29 is 32.7 Å². The molecular weight excluding hydrogens is 416 g/mol. The molecule has 1 aliphatic heterocycles. The van der Waals surface area contributed by atoms with Crippen molar-refractivity contribution in [2.75, 3.05) is 34.5 Å². The minimum absolute atomic E-state index is 0.00426. The molecule has 1 atom stereocenters. The maximum Gasteiger partial charge on any atom is 0.289 e. The summed E-state index contributed by atoms with van der Waals surface area (Å²) in [7, 11) is 4.65. The number of furan rings is 1. The van der Waals surface area contributed by atoms with Crippen LogP contribution in [0.2, 0.25) is 0 Å². The number of methoxy groups -OCH3 is 3. The Morgan fingerprint density at radius 2 is 1.94 bits per heavy atom. The predicted octanol–water partition coefficient (Wildman–Crippen LogP) is 3.78. The van der Waals surface area contributed by atoms with Gasteiger partial charge >= 0.3 is 0 Å². The molecule has 170 valence electrons. The van der Waals surface area contributed by atoms with Gasteiger partial charge in [-0.3, -0.25) is 4.79 Å². The lowest BCUT2D eigenvalue weighted by molar-refractivity contribution is 0.0479. The fourth-order valence-electron chi connectivity index (χ4n) is 3.75. The number of amides is 1. The van der Waals surface area contributed by atoms with Gasteiger partial charge in [0.15, 0.2) is 23.0 Å². The lowest BCUT2D eigenvalue weighted by Crippen LogP contribution is -2.36.